The van der Waals surface area contributed by atoms with Crippen LogP contribution in [-0.4, -0.2) is 46.1 Å². The van der Waals surface area contributed by atoms with E-state index >= 15 is 0 Å². The number of rotatable bonds is 5. The molecule has 7 nitrogen and oxygen atoms in total. The molecule has 1 aromatic heterocycles. The Bertz CT molecular complexity index is 1040. The molecule has 2 aromatic carbocycles. The van der Waals surface area contributed by atoms with Gasteiger partial charge in [0.05, 0.1) is 5.56 Å². The molecule has 3 rings (SSSR count). The Morgan fingerprint density at radius 1 is 1.00 bits per heavy atom. The summed E-state index contributed by atoms with van der Waals surface area (Å²) in [6, 6.07) is 15.9. The molecule has 0 aliphatic carbocycles. The molecule has 0 atom stereocenters. The highest BCUT2D eigenvalue weighted by molar-refractivity contribution is 7.87. The van der Waals surface area contributed by atoms with Crippen LogP contribution >= 0.6 is 0 Å². The lowest BCUT2D eigenvalue weighted by Crippen LogP contribution is -2.30. The summed E-state index contributed by atoms with van der Waals surface area (Å²) in [5, 5.41) is 14.2. The van der Waals surface area contributed by atoms with Crippen molar-refractivity contribution in [1.82, 2.24) is 18.5 Å². The summed E-state index contributed by atoms with van der Waals surface area (Å²) in [5.41, 5.74) is 1.22. The van der Waals surface area contributed by atoms with Crippen LogP contribution in [-0.2, 0) is 10.2 Å². The van der Waals surface area contributed by atoms with Crippen molar-refractivity contribution in [1.29, 1.82) is 0 Å². The van der Waals surface area contributed by atoms with Crippen LogP contribution in [0.25, 0.3) is 23.5 Å². The lowest BCUT2D eigenvalue weighted by Gasteiger charge is -2.12. The first-order valence-electron chi connectivity index (χ1n) is 7.81. The number of phenols is 1. The molecule has 0 radical (unpaired) electrons. The largest absolute Gasteiger partial charge is 0.507 e. The van der Waals surface area contributed by atoms with Crippen LogP contribution < -0.4 is 0 Å². The van der Waals surface area contributed by atoms with Crippen LogP contribution in [0.1, 0.15) is 11.4 Å². The molecule has 0 fully saturated rings. The molecule has 26 heavy (non-hydrogen) atoms. The van der Waals surface area contributed by atoms with Crippen molar-refractivity contribution in [3.8, 4) is 17.1 Å². The third-order valence-corrected chi connectivity index (χ3v) is 5.26. The number of benzene rings is 2. The first kappa shape index (κ1) is 17.8. The Morgan fingerprint density at radius 3 is 2.31 bits per heavy atom. The molecule has 8 heteroatoms. The van der Waals surface area contributed by atoms with E-state index in [2.05, 4.69) is 10.1 Å². The molecule has 1 heterocycles. The van der Waals surface area contributed by atoms with E-state index in [9.17, 15) is 13.5 Å². The highest BCUT2D eigenvalue weighted by atomic mass is 32.2. The van der Waals surface area contributed by atoms with Crippen LogP contribution in [0.3, 0.4) is 0 Å². The molecule has 0 unspecified atom stereocenters. The van der Waals surface area contributed by atoms with E-state index in [-0.39, 0.29) is 23.0 Å². The maximum atomic E-state index is 12.6. The first-order chi connectivity index (χ1) is 12.4. The van der Waals surface area contributed by atoms with Gasteiger partial charge in [-0.15, -0.1) is 9.19 Å². The molecular formula is C18H18N4O3S. The molecule has 0 aliphatic heterocycles. The molecule has 0 amide bonds. The fourth-order valence-electron chi connectivity index (χ4n) is 2.26. The van der Waals surface area contributed by atoms with Gasteiger partial charge in [-0.3, -0.25) is 0 Å². The second-order valence-electron chi connectivity index (χ2n) is 5.69. The lowest BCUT2D eigenvalue weighted by atomic mass is 10.2. The van der Waals surface area contributed by atoms with E-state index in [1.54, 1.807) is 30.4 Å². The van der Waals surface area contributed by atoms with E-state index in [1.807, 2.05) is 30.3 Å². The fraction of sp³-hybridized carbons (Fsp3) is 0.111. The summed E-state index contributed by atoms with van der Waals surface area (Å²) in [4.78, 5) is 4.30. The van der Waals surface area contributed by atoms with Gasteiger partial charge in [-0.1, -0.05) is 48.5 Å². The lowest BCUT2D eigenvalue weighted by molar-refractivity contribution is 0.476. The smallest absolute Gasteiger partial charge is 0.324 e. The molecule has 0 spiro atoms. The highest BCUT2D eigenvalue weighted by Gasteiger charge is 2.25. The molecule has 0 saturated heterocycles. The van der Waals surface area contributed by atoms with Gasteiger partial charge in [0, 0.05) is 14.1 Å². The summed E-state index contributed by atoms with van der Waals surface area (Å²) in [7, 11) is -1.09. The average Bonchev–Trinajstić information content (AvgIpc) is 3.06. The second kappa shape index (κ2) is 7.11. The number of para-hydroxylation sites is 1. The van der Waals surface area contributed by atoms with Gasteiger partial charge in [0.2, 0.25) is 0 Å². The minimum atomic E-state index is -3.90. The Hall–Kier alpha value is -2.97. The predicted octanol–water partition coefficient (Wildman–Crippen LogP) is 2.48. The summed E-state index contributed by atoms with van der Waals surface area (Å²) < 4.78 is 27.1. The van der Waals surface area contributed by atoms with Crippen LogP contribution in [0.15, 0.2) is 54.6 Å². The van der Waals surface area contributed by atoms with E-state index in [0.717, 1.165) is 14.0 Å². The number of hydrogen-bond acceptors (Lipinski definition) is 5. The predicted molar refractivity (Wildman–Crippen MR) is 100 cm³/mol. The zero-order valence-electron chi connectivity index (χ0n) is 14.3. The van der Waals surface area contributed by atoms with Gasteiger partial charge in [-0.2, -0.15) is 12.7 Å². The van der Waals surface area contributed by atoms with Crippen molar-refractivity contribution >= 4 is 22.4 Å². The zero-order valence-corrected chi connectivity index (χ0v) is 15.1. The monoisotopic (exact) mass is 370 g/mol. The Morgan fingerprint density at radius 2 is 1.65 bits per heavy atom. The van der Waals surface area contributed by atoms with Gasteiger partial charge in [-0.25, -0.2) is 4.98 Å². The molecule has 0 bridgehead atoms. The normalized spacial score (nSPS) is 12.1. The van der Waals surface area contributed by atoms with E-state index < -0.39 is 10.2 Å². The van der Waals surface area contributed by atoms with Crippen molar-refractivity contribution in [3.63, 3.8) is 0 Å². The van der Waals surface area contributed by atoms with Crippen LogP contribution in [0.5, 0.6) is 5.75 Å². The van der Waals surface area contributed by atoms with Crippen molar-refractivity contribution in [2.75, 3.05) is 14.1 Å². The maximum Gasteiger partial charge on any atom is 0.324 e. The van der Waals surface area contributed by atoms with E-state index in [0.29, 0.717) is 0 Å². The molecule has 0 aliphatic rings. The van der Waals surface area contributed by atoms with Gasteiger partial charge in [-0.05, 0) is 23.8 Å². The summed E-state index contributed by atoms with van der Waals surface area (Å²) in [6.45, 7) is 0. The molecule has 3 aromatic rings. The molecule has 1 N–H and O–H groups in total. The third kappa shape index (κ3) is 3.51. The number of aromatic hydroxyl groups is 1. The van der Waals surface area contributed by atoms with Gasteiger partial charge >= 0.3 is 10.2 Å². The Balaban J connectivity index is 2.12. The molecule has 0 saturated carbocycles. The van der Waals surface area contributed by atoms with Crippen molar-refractivity contribution in [2.45, 2.75) is 0 Å². The highest BCUT2D eigenvalue weighted by Crippen LogP contribution is 2.28. The molecule has 134 valence electrons. The van der Waals surface area contributed by atoms with Crippen molar-refractivity contribution < 1.29 is 13.5 Å². The van der Waals surface area contributed by atoms with E-state index in [1.165, 1.54) is 20.2 Å². The van der Waals surface area contributed by atoms with E-state index in [4.69, 9.17) is 0 Å². The number of nitrogens with zero attached hydrogens (tertiary/aromatic N) is 4. The number of phenolic OH excluding ortho intramolecular Hbond substituents is 1. The fourth-order valence-corrected chi connectivity index (χ4v) is 3.12. The third-order valence-electron chi connectivity index (χ3n) is 3.64. The second-order valence-corrected chi connectivity index (χ2v) is 7.66. The van der Waals surface area contributed by atoms with Crippen LogP contribution in [0, 0.1) is 0 Å². The van der Waals surface area contributed by atoms with Crippen LogP contribution in [0.2, 0.25) is 0 Å². The van der Waals surface area contributed by atoms with Gasteiger partial charge in [0.15, 0.2) is 11.6 Å². The molecular weight excluding hydrogens is 352 g/mol. The van der Waals surface area contributed by atoms with Crippen LogP contribution in [0.4, 0.5) is 0 Å². The minimum Gasteiger partial charge on any atom is -0.507 e. The Kier molecular flexibility index (Phi) is 4.88. The van der Waals surface area contributed by atoms with Gasteiger partial charge < -0.3 is 5.11 Å². The standard InChI is InChI=1S/C18H18N4O3S/c1-21(2)26(24,25)22-18(15-10-6-7-11-16(15)23)19-17(20-22)13-12-14-8-4-3-5-9-14/h3-13,23H,1-2H3/b13-12+. The van der Waals surface area contributed by atoms with Gasteiger partial charge in [0.1, 0.15) is 5.75 Å². The Labute approximate surface area is 152 Å². The average molecular weight is 370 g/mol. The first-order valence-corrected chi connectivity index (χ1v) is 9.21. The summed E-state index contributed by atoms with van der Waals surface area (Å²) in [6.07, 6.45) is 3.41. The van der Waals surface area contributed by atoms with Crippen molar-refractivity contribution in [3.05, 3.63) is 66.0 Å². The van der Waals surface area contributed by atoms with Crippen molar-refractivity contribution in [2.24, 2.45) is 0 Å². The minimum absolute atomic E-state index is 0.0458. The zero-order chi connectivity index (χ0) is 18.7. The summed E-state index contributed by atoms with van der Waals surface area (Å²) in [5.74, 6) is 0.190. The summed E-state index contributed by atoms with van der Waals surface area (Å²) >= 11 is 0. The topological polar surface area (TPSA) is 88.3 Å². The number of aromatic nitrogens is 3. The quantitative estimate of drug-likeness (QED) is 0.745. The SMILES string of the molecule is CN(C)S(=O)(=O)n1nc(/C=C/c2ccccc2)nc1-c1ccccc1O. The van der Waals surface area contributed by atoms with Gasteiger partial charge in [0.25, 0.3) is 0 Å². The number of hydrogen-bond donors (Lipinski definition) is 1. The maximum absolute atomic E-state index is 12.6.